The number of thiocarbonyl (C=S) groups is 1. The Hall–Kier alpha value is -2.62. The number of furan rings is 1. The fourth-order valence-corrected chi connectivity index (χ4v) is 4.13. The summed E-state index contributed by atoms with van der Waals surface area (Å²) in [4.78, 5) is 36.1. The minimum Gasteiger partial charge on any atom is -0.481 e. The Bertz CT molecular complexity index is 1050. The molecule has 10 heteroatoms. The quantitative estimate of drug-likeness (QED) is 0.472. The van der Waals surface area contributed by atoms with E-state index < -0.39 is 11.9 Å². The zero-order valence-corrected chi connectivity index (χ0v) is 17.1. The van der Waals surface area contributed by atoms with Crippen LogP contribution in [0.15, 0.2) is 39.7 Å². The van der Waals surface area contributed by atoms with Crippen LogP contribution < -0.4 is 0 Å². The summed E-state index contributed by atoms with van der Waals surface area (Å²) >= 11 is 12.2. The van der Waals surface area contributed by atoms with Gasteiger partial charge < -0.3 is 14.6 Å². The van der Waals surface area contributed by atoms with Gasteiger partial charge in [0, 0.05) is 24.6 Å². The predicted molar refractivity (Wildman–Crippen MR) is 113 cm³/mol. The van der Waals surface area contributed by atoms with Gasteiger partial charge in [-0.2, -0.15) is 0 Å². The molecule has 3 rings (SSSR count). The first-order valence-corrected chi connectivity index (χ1v) is 9.96. The van der Waals surface area contributed by atoms with Gasteiger partial charge in [-0.25, -0.2) is 4.79 Å². The van der Waals surface area contributed by atoms with Crippen molar-refractivity contribution >= 4 is 63.8 Å². The van der Waals surface area contributed by atoms with Crippen LogP contribution in [0.2, 0.25) is 5.02 Å². The largest absolute Gasteiger partial charge is 0.481 e. The summed E-state index contributed by atoms with van der Waals surface area (Å²) in [5, 5.41) is 18.0. The van der Waals surface area contributed by atoms with E-state index >= 15 is 0 Å². The molecule has 1 fully saturated rings. The number of hydrogen-bond donors (Lipinski definition) is 2. The van der Waals surface area contributed by atoms with Crippen molar-refractivity contribution in [3.8, 4) is 11.3 Å². The molecule has 0 bridgehead atoms. The third kappa shape index (κ3) is 4.87. The van der Waals surface area contributed by atoms with Crippen LogP contribution >= 0.6 is 35.6 Å². The van der Waals surface area contributed by atoms with E-state index in [1.807, 2.05) is 0 Å². The molecule has 150 valence electrons. The van der Waals surface area contributed by atoms with Gasteiger partial charge in [0.05, 0.1) is 15.5 Å². The average molecular weight is 452 g/mol. The lowest BCUT2D eigenvalue weighted by molar-refractivity contribution is -0.137. The Labute approximate surface area is 179 Å². The lowest BCUT2D eigenvalue weighted by Crippen LogP contribution is -2.29. The molecule has 0 radical (unpaired) electrons. The maximum atomic E-state index is 12.5. The molecule has 0 spiro atoms. The van der Waals surface area contributed by atoms with Gasteiger partial charge in [0.25, 0.3) is 5.91 Å². The fraction of sp³-hybridized carbons (Fsp3) is 0.158. The molecular weight excluding hydrogens is 438 g/mol. The molecule has 0 aliphatic carbocycles. The molecule has 2 aromatic rings. The summed E-state index contributed by atoms with van der Waals surface area (Å²) < 4.78 is 6.08. The summed E-state index contributed by atoms with van der Waals surface area (Å²) in [7, 11) is 0. The van der Waals surface area contributed by atoms with Crippen LogP contribution in [-0.4, -0.2) is 43.8 Å². The number of rotatable bonds is 7. The highest BCUT2D eigenvalue weighted by molar-refractivity contribution is 8.26. The van der Waals surface area contributed by atoms with Crippen molar-refractivity contribution in [1.82, 2.24) is 4.90 Å². The maximum absolute atomic E-state index is 12.5. The molecule has 1 aliphatic heterocycles. The van der Waals surface area contributed by atoms with Crippen molar-refractivity contribution in [2.75, 3.05) is 6.54 Å². The molecule has 1 amide bonds. The number of halogens is 1. The number of carboxylic acids is 2. The van der Waals surface area contributed by atoms with Crippen LogP contribution in [0, 0.1) is 0 Å². The highest BCUT2D eigenvalue weighted by atomic mass is 35.5. The first kappa shape index (κ1) is 21.1. The topological polar surface area (TPSA) is 108 Å². The number of benzene rings is 1. The van der Waals surface area contributed by atoms with Crippen LogP contribution in [0.4, 0.5) is 0 Å². The minimum atomic E-state index is -1.14. The van der Waals surface area contributed by atoms with Gasteiger partial charge in [0.2, 0.25) is 0 Å². The first-order valence-electron chi connectivity index (χ1n) is 8.36. The number of aliphatic carboxylic acids is 1. The minimum absolute atomic E-state index is 0.0376. The molecule has 1 saturated heterocycles. The zero-order valence-electron chi connectivity index (χ0n) is 14.8. The van der Waals surface area contributed by atoms with E-state index in [-0.39, 0.29) is 29.5 Å². The number of thioether (sulfide) groups is 1. The van der Waals surface area contributed by atoms with Gasteiger partial charge in [-0.15, -0.1) is 0 Å². The normalized spacial score (nSPS) is 15.3. The molecule has 1 aliphatic rings. The highest BCUT2D eigenvalue weighted by Crippen LogP contribution is 2.34. The van der Waals surface area contributed by atoms with Crippen molar-refractivity contribution in [2.45, 2.75) is 12.8 Å². The van der Waals surface area contributed by atoms with Crippen molar-refractivity contribution in [3.05, 3.63) is 51.6 Å². The second-order valence-electron chi connectivity index (χ2n) is 6.03. The second kappa shape index (κ2) is 8.81. The average Bonchev–Trinajstić information content (AvgIpc) is 3.22. The summed E-state index contributed by atoms with van der Waals surface area (Å²) in [6.45, 7) is 0.237. The summed E-state index contributed by atoms with van der Waals surface area (Å²) in [5.41, 5.74) is 0.497. The Kier molecular flexibility index (Phi) is 6.41. The van der Waals surface area contributed by atoms with Crippen molar-refractivity contribution in [3.63, 3.8) is 0 Å². The van der Waals surface area contributed by atoms with Gasteiger partial charge >= 0.3 is 11.9 Å². The Morgan fingerprint density at radius 1 is 1.24 bits per heavy atom. The number of hydrogen-bond acceptors (Lipinski definition) is 6. The maximum Gasteiger partial charge on any atom is 0.337 e. The molecule has 0 atom stereocenters. The summed E-state index contributed by atoms with van der Waals surface area (Å²) in [5.74, 6) is -1.55. The number of carbonyl (C=O) groups is 3. The monoisotopic (exact) mass is 451 g/mol. The lowest BCUT2D eigenvalue weighted by atomic mass is 10.1. The molecule has 0 unspecified atom stereocenters. The summed E-state index contributed by atoms with van der Waals surface area (Å²) in [6, 6.07) is 7.84. The van der Waals surface area contributed by atoms with E-state index in [4.69, 9.17) is 33.3 Å². The van der Waals surface area contributed by atoms with E-state index in [9.17, 15) is 19.5 Å². The van der Waals surface area contributed by atoms with Gasteiger partial charge in [-0.3, -0.25) is 14.5 Å². The number of nitrogens with zero attached hydrogens (tertiary/aromatic N) is 1. The molecular formula is C19H14ClNO6S2. The van der Waals surface area contributed by atoms with Crippen molar-refractivity contribution in [2.24, 2.45) is 0 Å². The van der Waals surface area contributed by atoms with Gasteiger partial charge in [0.1, 0.15) is 15.8 Å². The molecule has 1 aromatic carbocycles. The van der Waals surface area contributed by atoms with Crippen LogP contribution in [0.25, 0.3) is 17.4 Å². The van der Waals surface area contributed by atoms with E-state index in [0.717, 1.165) is 11.8 Å². The molecule has 0 saturated carbocycles. The Morgan fingerprint density at radius 3 is 2.69 bits per heavy atom. The van der Waals surface area contributed by atoms with E-state index in [2.05, 4.69) is 0 Å². The Morgan fingerprint density at radius 2 is 2.00 bits per heavy atom. The van der Waals surface area contributed by atoms with Gasteiger partial charge in [-0.05, 0) is 36.8 Å². The van der Waals surface area contributed by atoms with E-state index in [1.165, 1.54) is 17.0 Å². The van der Waals surface area contributed by atoms with Crippen molar-refractivity contribution < 1.29 is 29.0 Å². The van der Waals surface area contributed by atoms with Crippen molar-refractivity contribution in [1.29, 1.82) is 0 Å². The third-order valence-electron chi connectivity index (χ3n) is 4.03. The number of carbonyl (C=O) groups excluding carboxylic acids is 1. The number of amides is 1. The predicted octanol–water partition coefficient (Wildman–Crippen LogP) is 4.36. The third-order valence-corrected chi connectivity index (χ3v) is 5.73. The first-order chi connectivity index (χ1) is 13.8. The smallest absolute Gasteiger partial charge is 0.337 e. The molecule has 1 aromatic heterocycles. The van der Waals surface area contributed by atoms with E-state index in [1.54, 1.807) is 24.3 Å². The van der Waals surface area contributed by atoms with Crippen LogP contribution in [0.1, 0.15) is 29.0 Å². The standard InChI is InChI=1S/C19H14ClNO6S2/c20-13-5-3-10(8-12(13)18(25)26)14-6-4-11(27-14)9-15-17(24)21(19(28)29-15)7-1-2-16(22)23/h3-6,8-9H,1-2,7H2,(H,22,23)(H,25,26)/b15-9+. The highest BCUT2D eigenvalue weighted by Gasteiger charge is 2.32. The second-order valence-corrected chi connectivity index (χ2v) is 8.12. The SMILES string of the molecule is O=C(O)CCCN1C(=O)/C(=C\c2ccc(-c3ccc(Cl)c(C(=O)O)c3)o2)SC1=S. The molecule has 2 N–H and O–H groups in total. The fourth-order valence-electron chi connectivity index (χ4n) is 2.64. The van der Waals surface area contributed by atoms with Gasteiger partial charge in [-0.1, -0.05) is 35.6 Å². The molecule has 29 heavy (non-hydrogen) atoms. The molecule has 2 heterocycles. The van der Waals surface area contributed by atoms with Crippen LogP contribution in [0.5, 0.6) is 0 Å². The lowest BCUT2D eigenvalue weighted by Gasteiger charge is -2.13. The van der Waals surface area contributed by atoms with Gasteiger partial charge in [0.15, 0.2) is 0 Å². The van der Waals surface area contributed by atoms with Crippen LogP contribution in [-0.2, 0) is 9.59 Å². The number of aromatic carboxylic acids is 1. The number of carboxylic acid groups (broad SMARTS) is 2. The van der Waals surface area contributed by atoms with Crippen LogP contribution in [0.3, 0.4) is 0 Å². The molecule has 7 nitrogen and oxygen atoms in total. The Balaban J connectivity index is 1.77. The zero-order chi connectivity index (χ0) is 21.1. The van der Waals surface area contributed by atoms with E-state index in [0.29, 0.717) is 32.7 Å². The summed E-state index contributed by atoms with van der Waals surface area (Å²) in [6.07, 6.45) is 1.81.